The van der Waals surface area contributed by atoms with Crippen LogP contribution in [0.15, 0.2) is 36.7 Å². The first kappa shape index (κ1) is 12.9. The molecule has 1 fully saturated rings. The second-order valence-electron chi connectivity index (χ2n) is 4.73. The van der Waals surface area contributed by atoms with Crippen LogP contribution >= 0.6 is 0 Å². The number of piperazine rings is 1. The zero-order valence-electron chi connectivity index (χ0n) is 11.5. The predicted molar refractivity (Wildman–Crippen MR) is 79.1 cm³/mol. The van der Waals surface area contributed by atoms with Crippen molar-refractivity contribution < 1.29 is 4.74 Å². The van der Waals surface area contributed by atoms with Gasteiger partial charge >= 0.3 is 0 Å². The Hall–Kier alpha value is -2.14. The summed E-state index contributed by atoms with van der Waals surface area (Å²) in [6.07, 6.45) is 1.63. The Bertz CT molecular complexity index is 582. The van der Waals surface area contributed by atoms with Crippen LogP contribution in [0.3, 0.4) is 0 Å². The van der Waals surface area contributed by atoms with Crippen molar-refractivity contribution in [2.24, 2.45) is 0 Å². The Balaban J connectivity index is 1.89. The molecule has 5 nitrogen and oxygen atoms in total. The van der Waals surface area contributed by atoms with E-state index in [2.05, 4.69) is 20.2 Å². The molecule has 0 unspecified atom stereocenters. The third kappa shape index (κ3) is 2.72. The van der Waals surface area contributed by atoms with E-state index in [4.69, 9.17) is 4.74 Å². The first-order valence-electron chi connectivity index (χ1n) is 6.79. The van der Waals surface area contributed by atoms with Crippen LogP contribution in [0.1, 0.15) is 0 Å². The van der Waals surface area contributed by atoms with E-state index in [1.54, 1.807) is 13.4 Å². The molecule has 1 aromatic heterocycles. The Labute approximate surface area is 118 Å². The van der Waals surface area contributed by atoms with E-state index in [0.717, 1.165) is 49.0 Å². The SMILES string of the molecule is COc1cccc(-c2cc(N3CCNCC3)ncn2)c1. The van der Waals surface area contributed by atoms with Crippen LogP contribution in [0, 0.1) is 0 Å². The zero-order valence-corrected chi connectivity index (χ0v) is 11.5. The minimum Gasteiger partial charge on any atom is -0.497 e. The Morgan fingerprint density at radius 1 is 1.15 bits per heavy atom. The number of hydrogen-bond acceptors (Lipinski definition) is 5. The number of nitrogens with zero attached hydrogens (tertiary/aromatic N) is 3. The van der Waals surface area contributed by atoms with Crippen LogP contribution in [0.5, 0.6) is 5.75 Å². The van der Waals surface area contributed by atoms with Gasteiger partial charge in [-0.1, -0.05) is 12.1 Å². The summed E-state index contributed by atoms with van der Waals surface area (Å²) in [5.74, 6) is 1.82. The number of anilines is 1. The summed E-state index contributed by atoms with van der Waals surface area (Å²) in [7, 11) is 1.67. The van der Waals surface area contributed by atoms with Crippen LogP contribution < -0.4 is 15.0 Å². The molecule has 0 saturated carbocycles. The summed E-state index contributed by atoms with van der Waals surface area (Å²) >= 11 is 0. The highest BCUT2D eigenvalue weighted by molar-refractivity contribution is 5.64. The second-order valence-corrected chi connectivity index (χ2v) is 4.73. The molecule has 0 amide bonds. The molecule has 1 saturated heterocycles. The first-order chi connectivity index (χ1) is 9.86. The molecule has 0 radical (unpaired) electrons. The highest BCUT2D eigenvalue weighted by atomic mass is 16.5. The van der Waals surface area contributed by atoms with Crippen LogP contribution in [-0.4, -0.2) is 43.3 Å². The normalized spacial score (nSPS) is 15.2. The van der Waals surface area contributed by atoms with Gasteiger partial charge in [0.05, 0.1) is 12.8 Å². The molecular weight excluding hydrogens is 252 g/mol. The smallest absolute Gasteiger partial charge is 0.132 e. The summed E-state index contributed by atoms with van der Waals surface area (Å²) < 4.78 is 5.26. The van der Waals surface area contributed by atoms with E-state index in [-0.39, 0.29) is 0 Å². The maximum atomic E-state index is 5.26. The molecule has 20 heavy (non-hydrogen) atoms. The average molecular weight is 270 g/mol. The predicted octanol–water partition coefficient (Wildman–Crippen LogP) is 1.56. The van der Waals surface area contributed by atoms with Gasteiger partial charge in [-0.2, -0.15) is 0 Å². The number of aromatic nitrogens is 2. The van der Waals surface area contributed by atoms with Crippen molar-refractivity contribution in [1.29, 1.82) is 0 Å². The zero-order chi connectivity index (χ0) is 13.8. The van der Waals surface area contributed by atoms with Gasteiger partial charge in [-0.15, -0.1) is 0 Å². The minimum atomic E-state index is 0.838. The molecule has 2 aromatic rings. The van der Waals surface area contributed by atoms with Crippen molar-refractivity contribution >= 4 is 5.82 Å². The molecule has 1 aliphatic heterocycles. The van der Waals surface area contributed by atoms with Crippen molar-refractivity contribution in [3.8, 4) is 17.0 Å². The van der Waals surface area contributed by atoms with E-state index in [1.165, 1.54) is 0 Å². The van der Waals surface area contributed by atoms with Crippen molar-refractivity contribution in [1.82, 2.24) is 15.3 Å². The number of benzene rings is 1. The largest absolute Gasteiger partial charge is 0.497 e. The minimum absolute atomic E-state index is 0.838. The fraction of sp³-hybridized carbons (Fsp3) is 0.333. The topological polar surface area (TPSA) is 50.3 Å². The lowest BCUT2D eigenvalue weighted by molar-refractivity contribution is 0.415. The number of methoxy groups -OCH3 is 1. The number of nitrogens with one attached hydrogen (secondary N) is 1. The maximum Gasteiger partial charge on any atom is 0.132 e. The third-order valence-electron chi connectivity index (χ3n) is 3.46. The van der Waals surface area contributed by atoms with Gasteiger partial charge in [-0.3, -0.25) is 0 Å². The maximum absolute atomic E-state index is 5.26. The quantitative estimate of drug-likeness (QED) is 0.917. The average Bonchev–Trinajstić information content (AvgIpc) is 2.56. The molecule has 1 aromatic carbocycles. The summed E-state index contributed by atoms with van der Waals surface area (Å²) in [6, 6.07) is 9.97. The lowest BCUT2D eigenvalue weighted by Gasteiger charge is -2.28. The molecule has 2 heterocycles. The monoisotopic (exact) mass is 270 g/mol. The lowest BCUT2D eigenvalue weighted by Crippen LogP contribution is -2.43. The van der Waals surface area contributed by atoms with E-state index in [1.807, 2.05) is 30.3 Å². The van der Waals surface area contributed by atoms with E-state index in [0.29, 0.717) is 0 Å². The summed E-state index contributed by atoms with van der Waals surface area (Å²) in [5.41, 5.74) is 1.97. The van der Waals surface area contributed by atoms with Gasteiger partial charge in [0.25, 0.3) is 0 Å². The molecule has 0 bridgehead atoms. The van der Waals surface area contributed by atoms with E-state index >= 15 is 0 Å². The molecule has 3 rings (SSSR count). The summed E-state index contributed by atoms with van der Waals surface area (Å²) in [5, 5.41) is 3.34. The van der Waals surface area contributed by atoms with E-state index in [9.17, 15) is 0 Å². The molecule has 104 valence electrons. The Kier molecular flexibility index (Phi) is 3.78. The molecule has 0 aliphatic carbocycles. The van der Waals surface area contributed by atoms with Gasteiger partial charge in [-0.25, -0.2) is 9.97 Å². The fourth-order valence-corrected chi connectivity index (χ4v) is 2.35. The van der Waals surface area contributed by atoms with Crippen molar-refractivity contribution in [2.75, 3.05) is 38.2 Å². The standard InChI is InChI=1S/C15H18N4O/c1-20-13-4-2-3-12(9-13)14-10-15(18-11-17-14)19-7-5-16-6-8-19/h2-4,9-11,16H,5-8H2,1H3. The van der Waals surface area contributed by atoms with Gasteiger partial charge in [0.15, 0.2) is 0 Å². The van der Waals surface area contributed by atoms with Crippen LogP contribution in [0.4, 0.5) is 5.82 Å². The van der Waals surface area contributed by atoms with Crippen molar-refractivity contribution in [2.45, 2.75) is 0 Å². The van der Waals surface area contributed by atoms with Crippen molar-refractivity contribution in [3.63, 3.8) is 0 Å². The summed E-state index contributed by atoms with van der Waals surface area (Å²) in [4.78, 5) is 11.0. The van der Waals surface area contributed by atoms with Gasteiger partial charge in [0.1, 0.15) is 17.9 Å². The first-order valence-corrected chi connectivity index (χ1v) is 6.79. The number of rotatable bonds is 3. The van der Waals surface area contributed by atoms with E-state index < -0.39 is 0 Å². The molecule has 0 atom stereocenters. The number of ether oxygens (including phenoxy) is 1. The van der Waals surface area contributed by atoms with Crippen LogP contribution in [0.2, 0.25) is 0 Å². The molecular formula is C15H18N4O. The second kappa shape index (κ2) is 5.88. The lowest BCUT2D eigenvalue weighted by atomic mass is 10.1. The molecule has 1 aliphatic rings. The Morgan fingerprint density at radius 3 is 2.80 bits per heavy atom. The van der Waals surface area contributed by atoms with Gasteiger partial charge in [0.2, 0.25) is 0 Å². The summed E-state index contributed by atoms with van der Waals surface area (Å²) in [6.45, 7) is 3.96. The molecule has 0 spiro atoms. The molecule has 1 N–H and O–H groups in total. The fourth-order valence-electron chi connectivity index (χ4n) is 2.35. The van der Waals surface area contributed by atoms with Crippen LogP contribution in [-0.2, 0) is 0 Å². The van der Waals surface area contributed by atoms with Gasteiger partial charge < -0.3 is 15.0 Å². The van der Waals surface area contributed by atoms with Crippen LogP contribution in [0.25, 0.3) is 11.3 Å². The van der Waals surface area contributed by atoms with Gasteiger partial charge in [0, 0.05) is 37.8 Å². The molecule has 5 heteroatoms. The number of hydrogen-bond donors (Lipinski definition) is 1. The Morgan fingerprint density at radius 2 is 2.00 bits per heavy atom. The highest BCUT2D eigenvalue weighted by Gasteiger charge is 2.12. The van der Waals surface area contributed by atoms with Crippen molar-refractivity contribution in [3.05, 3.63) is 36.7 Å². The highest BCUT2D eigenvalue weighted by Crippen LogP contribution is 2.24. The van der Waals surface area contributed by atoms with Gasteiger partial charge in [-0.05, 0) is 12.1 Å². The third-order valence-corrected chi connectivity index (χ3v) is 3.46.